The number of alkyl halides is 3. The summed E-state index contributed by atoms with van der Waals surface area (Å²) in [6.45, 7) is 4.16. The van der Waals surface area contributed by atoms with Crippen LogP contribution in [0, 0.1) is 13.8 Å². The molecule has 1 N–H and O–H groups in total. The Labute approximate surface area is 189 Å². The third kappa shape index (κ3) is 4.50. The molecule has 0 fully saturated rings. The van der Waals surface area contributed by atoms with Gasteiger partial charge in [0.25, 0.3) is 5.91 Å². The number of fused-ring (bicyclic) bond motifs is 1. The predicted octanol–water partition coefficient (Wildman–Crippen LogP) is 5.53. The Morgan fingerprint density at radius 2 is 1.81 bits per heavy atom. The van der Waals surface area contributed by atoms with Gasteiger partial charge in [-0.15, -0.1) is 5.10 Å². The van der Waals surface area contributed by atoms with Gasteiger partial charge in [-0.1, -0.05) is 51.0 Å². The number of anilines is 1. The van der Waals surface area contributed by atoms with Crippen molar-refractivity contribution in [3.8, 4) is 0 Å². The molecule has 0 aliphatic rings. The molecule has 2 aromatic heterocycles. The van der Waals surface area contributed by atoms with Crippen LogP contribution < -0.4 is 5.32 Å². The van der Waals surface area contributed by atoms with Crippen LogP contribution in [0.2, 0.25) is 0 Å². The molecule has 0 aliphatic carbocycles. The van der Waals surface area contributed by atoms with Crippen molar-refractivity contribution < 1.29 is 18.0 Å². The summed E-state index contributed by atoms with van der Waals surface area (Å²) in [4.78, 5) is 16.6. The number of carbonyl (C=O) groups excluding carboxylic acids is 1. The lowest BCUT2D eigenvalue weighted by Gasteiger charge is -2.12. The van der Waals surface area contributed by atoms with Gasteiger partial charge in [0.1, 0.15) is 5.69 Å². The third-order valence-electron chi connectivity index (χ3n) is 4.97. The van der Waals surface area contributed by atoms with E-state index in [1.54, 1.807) is 23.7 Å². The number of benzene rings is 2. The lowest BCUT2D eigenvalue weighted by Crippen LogP contribution is -2.17. The van der Waals surface area contributed by atoms with Crippen LogP contribution in [0.4, 0.5) is 19.0 Å². The number of carbonyl (C=O) groups is 1. The molecule has 0 saturated carbocycles. The molecule has 2 aromatic carbocycles. The number of aromatic nitrogens is 4. The van der Waals surface area contributed by atoms with E-state index in [9.17, 15) is 18.0 Å². The summed E-state index contributed by atoms with van der Waals surface area (Å²) in [6.07, 6.45) is -4.69. The molecule has 0 atom stereocenters. The van der Waals surface area contributed by atoms with Gasteiger partial charge >= 0.3 is 6.18 Å². The second kappa shape index (κ2) is 8.34. The zero-order valence-electron chi connectivity index (χ0n) is 17.0. The summed E-state index contributed by atoms with van der Waals surface area (Å²) in [6, 6.07) is 13.2. The van der Waals surface area contributed by atoms with Crippen LogP contribution >= 0.6 is 15.9 Å². The SMILES string of the molecule is Cc1ccc(Cn2nnc(NC(=O)c3cc(C(F)(F)F)nc4ccc(Br)cc34)c2C)cc1. The van der Waals surface area contributed by atoms with E-state index in [1.165, 1.54) is 6.07 Å². The molecule has 10 heteroatoms. The smallest absolute Gasteiger partial charge is 0.303 e. The molecule has 1 amide bonds. The molecule has 4 rings (SSSR count). The third-order valence-corrected chi connectivity index (χ3v) is 5.47. The zero-order chi connectivity index (χ0) is 23.0. The highest BCUT2D eigenvalue weighted by Crippen LogP contribution is 2.32. The monoisotopic (exact) mass is 503 g/mol. The second-order valence-corrected chi connectivity index (χ2v) is 8.25. The molecule has 4 aromatic rings. The van der Waals surface area contributed by atoms with Gasteiger partial charge in [0, 0.05) is 9.86 Å². The molecular formula is C22H17BrF3N5O. The van der Waals surface area contributed by atoms with E-state index in [0.29, 0.717) is 16.7 Å². The van der Waals surface area contributed by atoms with Gasteiger partial charge in [0.2, 0.25) is 0 Å². The van der Waals surface area contributed by atoms with E-state index in [4.69, 9.17) is 0 Å². The Morgan fingerprint density at radius 1 is 1.09 bits per heavy atom. The van der Waals surface area contributed by atoms with Crippen molar-refractivity contribution in [2.45, 2.75) is 26.6 Å². The van der Waals surface area contributed by atoms with Crippen LogP contribution in [0.1, 0.15) is 32.9 Å². The fourth-order valence-corrected chi connectivity index (χ4v) is 3.56. The predicted molar refractivity (Wildman–Crippen MR) is 117 cm³/mol. The van der Waals surface area contributed by atoms with Crippen molar-refractivity contribution in [3.05, 3.63) is 81.1 Å². The maximum absolute atomic E-state index is 13.3. The van der Waals surface area contributed by atoms with Gasteiger partial charge in [0.15, 0.2) is 5.82 Å². The summed E-state index contributed by atoms with van der Waals surface area (Å²) >= 11 is 3.28. The molecule has 0 radical (unpaired) electrons. The molecule has 0 spiro atoms. The molecule has 32 heavy (non-hydrogen) atoms. The van der Waals surface area contributed by atoms with E-state index in [1.807, 2.05) is 31.2 Å². The van der Waals surface area contributed by atoms with Gasteiger partial charge in [-0.05, 0) is 43.7 Å². The largest absolute Gasteiger partial charge is 0.433 e. The van der Waals surface area contributed by atoms with E-state index in [2.05, 4.69) is 36.5 Å². The highest BCUT2D eigenvalue weighted by Gasteiger charge is 2.34. The van der Waals surface area contributed by atoms with Crippen LogP contribution in [0.15, 0.2) is 53.0 Å². The lowest BCUT2D eigenvalue weighted by atomic mass is 10.1. The van der Waals surface area contributed by atoms with Gasteiger partial charge in [-0.2, -0.15) is 13.2 Å². The maximum Gasteiger partial charge on any atom is 0.433 e. The van der Waals surface area contributed by atoms with E-state index >= 15 is 0 Å². The van der Waals surface area contributed by atoms with Crippen LogP contribution in [0.25, 0.3) is 10.9 Å². The zero-order valence-corrected chi connectivity index (χ0v) is 18.6. The van der Waals surface area contributed by atoms with Crippen LogP contribution in [0.5, 0.6) is 0 Å². The number of nitrogens with one attached hydrogen (secondary N) is 1. The Hall–Kier alpha value is -3.27. The molecule has 0 bridgehead atoms. The molecule has 0 saturated heterocycles. The highest BCUT2D eigenvalue weighted by molar-refractivity contribution is 9.10. The number of hydrogen-bond donors (Lipinski definition) is 1. The van der Waals surface area contributed by atoms with Crippen molar-refractivity contribution in [1.29, 1.82) is 0 Å². The van der Waals surface area contributed by atoms with Gasteiger partial charge in [-0.3, -0.25) is 4.79 Å². The van der Waals surface area contributed by atoms with Crippen LogP contribution in [-0.4, -0.2) is 25.9 Å². The molecule has 0 aliphatic heterocycles. The number of amides is 1. The Morgan fingerprint density at radius 3 is 2.50 bits per heavy atom. The summed E-state index contributed by atoms with van der Waals surface area (Å²) < 4.78 is 42.2. The van der Waals surface area contributed by atoms with Crippen molar-refractivity contribution >= 4 is 38.6 Å². The number of hydrogen-bond acceptors (Lipinski definition) is 4. The number of aryl methyl sites for hydroxylation is 1. The average molecular weight is 504 g/mol. The van der Waals surface area contributed by atoms with Gasteiger partial charge in [-0.25, -0.2) is 9.67 Å². The second-order valence-electron chi connectivity index (χ2n) is 7.34. The first kappa shape index (κ1) is 21.9. The Bertz CT molecular complexity index is 1320. The number of nitrogens with zero attached hydrogens (tertiary/aromatic N) is 4. The standard InChI is InChI=1S/C22H17BrF3N5O/c1-12-3-5-14(6-4-12)11-31-13(2)20(29-30-31)28-21(32)17-10-19(22(24,25)26)27-18-8-7-15(23)9-16(17)18/h3-10H,11H2,1-2H3,(H,28,32). The van der Waals surface area contributed by atoms with Crippen LogP contribution in [0.3, 0.4) is 0 Å². The van der Waals surface area contributed by atoms with Crippen molar-refractivity contribution in [1.82, 2.24) is 20.0 Å². The summed E-state index contributed by atoms with van der Waals surface area (Å²) in [5, 5.41) is 10.9. The summed E-state index contributed by atoms with van der Waals surface area (Å²) in [5.41, 5.74) is 1.48. The molecule has 0 unspecified atom stereocenters. The molecular weight excluding hydrogens is 487 g/mol. The Kier molecular flexibility index (Phi) is 5.72. The topological polar surface area (TPSA) is 72.7 Å². The first-order valence-electron chi connectivity index (χ1n) is 9.56. The highest BCUT2D eigenvalue weighted by atomic mass is 79.9. The minimum atomic E-state index is -4.69. The minimum absolute atomic E-state index is 0.0629. The summed E-state index contributed by atoms with van der Waals surface area (Å²) in [7, 11) is 0. The maximum atomic E-state index is 13.3. The quantitative estimate of drug-likeness (QED) is 0.397. The summed E-state index contributed by atoms with van der Waals surface area (Å²) in [5.74, 6) is -0.554. The molecule has 6 nitrogen and oxygen atoms in total. The first-order chi connectivity index (χ1) is 15.1. The average Bonchev–Trinajstić information content (AvgIpc) is 3.07. The van der Waals surface area contributed by atoms with Crippen molar-refractivity contribution in [2.24, 2.45) is 0 Å². The lowest BCUT2D eigenvalue weighted by molar-refractivity contribution is -0.140. The number of rotatable bonds is 4. The van der Waals surface area contributed by atoms with Crippen LogP contribution in [-0.2, 0) is 12.7 Å². The van der Waals surface area contributed by atoms with E-state index in [0.717, 1.165) is 17.2 Å². The van der Waals surface area contributed by atoms with Crippen molar-refractivity contribution in [3.63, 3.8) is 0 Å². The van der Waals surface area contributed by atoms with Crippen molar-refractivity contribution in [2.75, 3.05) is 5.32 Å². The van der Waals surface area contributed by atoms with E-state index < -0.39 is 17.8 Å². The normalized spacial score (nSPS) is 11.7. The number of halogens is 4. The molecule has 2 heterocycles. The number of pyridine rings is 1. The van der Waals surface area contributed by atoms with Gasteiger partial charge < -0.3 is 5.32 Å². The first-order valence-corrected chi connectivity index (χ1v) is 10.4. The fourth-order valence-electron chi connectivity index (χ4n) is 3.20. The fraction of sp³-hybridized carbons (Fsp3) is 0.182. The molecule has 164 valence electrons. The van der Waals surface area contributed by atoms with E-state index in [-0.39, 0.29) is 22.3 Å². The minimum Gasteiger partial charge on any atom is -0.303 e. The van der Waals surface area contributed by atoms with Gasteiger partial charge in [0.05, 0.1) is 23.3 Å². The Balaban J connectivity index is 1.66.